The summed E-state index contributed by atoms with van der Waals surface area (Å²) in [4.78, 5) is 29.4. The van der Waals surface area contributed by atoms with Crippen LogP contribution in [0.1, 0.15) is 63.5 Å². The fourth-order valence-corrected chi connectivity index (χ4v) is 6.27. The van der Waals surface area contributed by atoms with Crippen LogP contribution < -0.4 is 16.2 Å². The van der Waals surface area contributed by atoms with Crippen LogP contribution in [0.5, 0.6) is 5.75 Å². The van der Waals surface area contributed by atoms with E-state index in [1.165, 1.54) is 25.7 Å². The van der Waals surface area contributed by atoms with E-state index in [1.807, 2.05) is 17.0 Å². The van der Waals surface area contributed by atoms with Gasteiger partial charge in [-0.05, 0) is 86.7 Å². The van der Waals surface area contributed by atoms with Gasteiger partial charge in [-0.2, -0.15) is 0 Å². The minimum Gasteiger partial charge on any atom is -0.410 e. The van der Waals surface area contributed by atoms with E-state index < -0.39 is 11.5 Å². The molecule has 2 aliphatic heterocycles. The normalized spacial score (nSPS) is 25.8. The van der Waals surface area contributed by atoms with Gasteiger partial charge in [0.05, 0.1) is 5.41 Å². The van der Waals surface area contributed by atoms with E-state index in [9.17, 15) is 9.59 Å². The molecule has 1 spiro atoms. The molecular weight excluding hydrogens is 404 g/mol. The number of primary amides is 1. The van der Waals surface area contributed by atoms with Gasteiger partial charge in [0.15, 0.2) is 0 Å². The highest BCUT2D eigenvalue weighted by atomic mass is 16.5. The topological polar surface area (TPSA) is 102 Å². The number of benzene rings is 1. The van der Waals surface area contributed by atoms with Gasteiger partial charge in [-0.1, -0.05) is 19.9 Å². The number of carbonyl (C=O) groups is 2. The van der Waals surface area contributed by atoms with Crippen molar-refractivity contribution in [1.82, 2.24) is 9.80 Å². The number of piperidine rings is 1. The summed E-state index contributed by atoms with van der Waals surface area (Å²) in [5.41, 5.74) is 12.6. The van der Waals surface area contributed by atoms with E-state index in [1.54, 1.807) is 6.07 Å². The summed E-state index contributed by atoms with van der Waals surface area (Å²) in [7, 11) is 0. The van der Waals surface area contributed by atoms with Crippen LogP contribution in [0.15, 0.2) is 18.2 Å². The van der Waals surface area contributed by atoms with Gasteiger partial charge in [-0.25, -0.2) is 4.79 Å². The lowest BCUT2D eigenvalue weighted by molar-refractivity contribution is -0.142. The number of fused-ring (bicyclic) bond motifs is 2. The molecule has 1 aromatic carbocycles. The highest BCUT2D eigenvalue weighted by molar-refractivity contribution is 5.90. The standard InChI is InChI=1S/C25H38N4O3/c1-17(2)18-3-5-20(6-4-18)28-12-9-25(10-13-28)22-8-7-21(32-24(27)31)15-19(22)16-29(14-11-26)23(25)30/h7-8,15,17-18,20H,3-6,9-14,16,26H2,1-2H3,(H2,27,31)/t18-,20+. The molecule has 0 unspecified atom stereocenters. The highest BCUT2D eigenvalue weighted by Gasteiger charge is 2.49. The second-order valence-electron chi connectivity index (χ2n) is 10.2. The molecule has 176 valence electrons. The Bertz CT molecular complexity index is 840. The molecule has 0 atom stereocenters. The first-order chi connectivity index (χ1) is 15.3. The average molecular weight is 443 g/mol. The lowest BCUT2D eigenvalue weighted by Crippen LogP contribution is -2.57. The van der Waals surface area contributed by atoms with E-state index >= 15 is 0 Å². The molecule has 4 N–H and O–H groups in total. The van der Waals surface area contributed by atoms with E-state index in [2.05, 4.69) is 18.7 Å². The van der Waals surface area contributed by atoms with Crippen molar-refractivity contribution in [3.05, 3.63) is 29.3 Å². The van der Waals surface area contributed by atoms with Crippen LogP contribution >= 0.6 is 0 Å². The number of ether oxygens (including phenoxy) is 1. The van der Waals surface area contributed by atoms with Crippen molar-refractivity contribution in [2.45, 2.75) is 70.4 Å². The van der Waals surface area contributed by atoms with Crippen LogP contribution in [0.3, 0.4) is 0 Å². The number of carbonyl (C=O) groups excluding carboxylic acids is 2. The van der Waals surface area contributed by atoms with Crippen LogP contribution in [-0.2, 0) is 16.8 Å². The molecule has 0 bridgehead atoms. The summed E-state index contributed by atoms with van der Waals surface area (Å²) < 4.78 is 5.10. The fraction of sp³-hybridized carbons (Fsp3) is 0.680. The number of likely N-dealkylation sites (tertiary alicyclic amines) is 1. The smallest absolute Gasteiger partial charge is 0.409 e. The van der Waals surface area contributed by atoms with Crippen LogP contribution in [0, 0.1) is 11.8 Å². The predicted octanol–water partition coefficient (Wildman–Crippen LogP) is 2.99. The summed E-state index contributed by atoms with van der Waals surface area (Å²) in [5.74, 6) is 2.25. The molecular formula is C25H38N4O3. The largest absolute Gasteiger partial charge is 0.410 e. The Labute approximate surface area is 191 Å². The van der Waals surface area contributed by atoms with Crippen molar-refractivity contribution in [2.24, 2.45) is 23.3 Å². The Morgan fingerprint density at radius 3 is 2.47 bits per heavy atom. The second kappa shape index (κ2) is 9.40. The zero-order chi connectivity index (χ0) is 22.9. The Kier molecular flexibility index (Phi) is 6.77. The molecule has 7 nitrogen and oxygen atoms in total. The van der Waals surface area contributed by atoms with E-state index in [4.69, 9.17) is 16.2 Å². The molecule has 1 saturated carbocycles. The molecule has 4 rings (SSSR count). The van der Waals surface area contributed by atoms with Gasteiger partial charge in [0.2, 0.25) is 5.91 Å². The average Bonchev–Trinajstić information content (AvgIpc) is 2.77. The number of hydrogen-bond donors (Lipinski definition) is 2. The first-order valence-corrected chi connectivity index (χ1v) is 12.2. The number of nitrogens with zero attached hydrogens (tertiary/aromatic N) is 2. The van der Waals surface area contributed by atoms with Crippen LogP contribution in [0.25, 0.3) is 0 Å². The summed E-state index contributed by atoms with van der Waals surface area (Å²) in [6.45, 7) is 8.02. The Morgan fingerprint density at radius 2 is 1.88 bits per heavy atom. The molecule has 2 amide bonds. The van der Waals surface area contributed by atoms with E-state index in [0.717, 1.165) is 48.9 Å². The van der Waals surface area contributed by atoms with E-state index in [-0.39, 0.29) is 5.91 Å². The molecule has 2 fully saturated rings. The first kappa shape index (κ1) is 23.1. The van der Waals surface area contributed by atoms with E-state index in [0.29, 0.717) is 31.4 Å². The van der Waals surface area contributed by atoms with Crippen LogP contribution in [-0.4, -0.2) is 54.0 Å². The molecule has 2 heterocycles. The predicted molar refractivity (Wildman–Crippen MR) is 124 cm³/mol. The maximum atomic E-state index is 13.7. The van der Waals surface area contributed by atoms with Gasteiger partial charge in [-0.3, -0.25) is 4.79 Å². The number of amides is 2. The van der Waals surface area contributed by atoms with Gasteiger partial charge < -0.3 is 26.0 Å². The van der Waals surface area contributed by atoms with Gasteiger partial charge in [0.1, 0.15) is 5.75 Å². The van der Waals surface area contributed by atoms with Crippen molar-refractivity contribution in [3.63, 3.8) is 0 Å². The Morgan fingerprint density at radius 1 is 1.19 bits per heavy atom. The monoisotopic (exact) mass is 442 g/mol. The summed E-state index contributed by atoms with van der Waals surface area (Å²) in [5, 5.41) is 0. The summed E-state index contributed by atoms with van der Waals surface area (Å²) in [6, 6.07) is 6.23. The van der Waals surface area contributed by atoms with Gasteiger partial charge in [-0.15, -0.1) is 0 Å². The van der Waals surface area contributed by atoms with Crippen molar-refractivity contribution >= 4 is 12.0 Å². The zero-order valence-corrected chi connectivity index (χ0v) is 19.5. The molecule has 1 aliphatic carbocycles. The van der Waals surface area contributed by atoms with Crippen LogP contribution in [0.4, 0.5) is 4.79 Å². The van der Waals surface area contributed by atoms with Gasteiger partial charge in [0.25, 0.3) is 0 Å². The number of nitrogens with two attached hydrogens (primary N) is 2. The molecule has 1 saturated heterocycles. The lowest BCUT2D eigenvalue weighted by Gasteiger charge is -2.49. The zero-order valence-electron chi connectivity index (χ0n) is 19.5. The minimum atomic E-state index is -0.828. The summed E-state index contributed by atoms with van der Waals surface area (Å²) >= 11 is 0. The molecule has 1 aromatic rings. The quantitative estimate of drug-likeness (QED) is 0.730. The van der Waals surface area contributed by atoms with Crippen molar-refractivity contribution in [3.8, 4) is 5.75 Å². The van der Waals surface area contributed by atoms with Gasteiger partial charge >= 0.3 is 6.09 Å². The molecule has 0 radical (unpaired) electrons. The first-order valence-electron chi connectivity index (χ1n) is 12.2. The lowest BCUT2D eigenvalue weighted by atomic mass is 9.67. The molecule has 7 heteroatoms. The Balaban J connectivity index is 1.53. The second-order valence-corrected chi connectivity index (χ2v) is 10.2. The van der Waals surface area contributed by atoms with Crippen molar-refractivity contribution in [1.29, 1.82) is 0 Å². The summed E-state index contributed by atoms with van der Waals surface area (Å²) in [6.07, 6.45) is 5.99. The number of hydrogen-bond acceptors (Lipinski definition) is 5. The van der Waals surface area contributed by atoms with Crippen LogP contribution in [0.2, 0.25) is 0 Å². The SMILES string of the molecule is CC(C)[C@H]1CC[C@@H](N2CCC3(CC2)C(=O)N(CCN)Cc2cc(OC(N)=O)ccc23)CC1. The third kappa shape index (κ3) is 4.37. The van der Waals surface area contributed by atoms with Crippen molar-refractivity contribution < 1.29 is 14.3 Å². The molecule has 0 aromatic heterocycles. The minimum absolute atomic E-state index is 0.196. The maximum Gasteiger partial charge on any atom is 0.409 e. The molecule has 32 heavy (non-hydrogen) atoms. The van der Waals surface area contributed by atoms with Gasteiger partial charge in [0, 0.05) is 25.7 Å². The molecule has 3 aliphatic rings. The Hall–Kier alpha value is -2.12. The fourth-order valence-electron chi connectivity index (χ4n) is 6.27. The third-order valence-corrected chi connectivity index (χ3v) is 8.12. The third-order valence-electron chi connectivity index (χ3n) is 8.12. The van der Waals surface area contributed by atoms with Crippen molar-refractivity contribution in [2.75, 3.05) is 26.2 Å². The maximum absolute atomic E-state index is 13.7. The highest BCUT2D eigenvalue weighted by Crippen LogP contribution is 2.45. The number of rotatable bonds is 5.